The Bertz CT molecular complexity index is 612. The molecule has 1 heterocycles. The van der Waals surface area contributed by atoms with Crippen LogP contribution in [0.4, 0.5) is 0 Å². The molecule has 0 saturated carbocycles. The van der Waals surface area contributed by atoms with Crippen molar-refractivity contribution < 1.29 is 8.95 Å². The summed E-state index contributed by atoms with van der Waals surface area (Å²) in [5.74, 6) is 3.58. The Morgan fingerprint density at radius 3 is 2.90 bits per heavy atom. The fraction of sp³-hybridized carbons (Fsp3) is 0.500. The van der Waals surface area contributed by atoms with E-state index < -0.39 is 10.8 Å². The molecule has 0 aliphatic heterocycles. The van der Waals surface area contributed by atoms with Gasteiger partial charge in [0.25, 0.3) is 0 Å². The summed E-state index contributed by atoms with van der Waals surface area (Å²) in [6.45, 7) is 2.63. The van der Waals surface area contributed by atoms with Crippen LogP contribution in [-0.2, 0) is 23.8 Å². The lowest BCUT2D eigenvalue weighted by atomic mass is 10.3. The van der Waals surface area contributed by atoms with Crippen molar-refractivity contribution in [3.8, 4) is 5.75 Å². The molecule has 1 atom stereocenters. The highest BCUT2D eigenvalue weighted by atomic mass is 35.5. The van der Waals surface area contributed by atoms with Crippen molar-refractivity contribution in [1.29, 1.82) is 0 Å². The summed E-state index contributed by atoms with van der Waals surface area (Å²) < 4.78 is 19.0. The molecule has 0 N–H and O–H groups in total. The maximum atomic E-state index is 11.7. The first-order chi connectivity index (χ1) is 9.69. The van der Waals surface area contributed by atoms with Gasteiger partial charge in [-0.2, -0.15) is 0 Å². The second-order valence-electron chi connectivity index (χ2n) is 4.41. The predicted octanol–water partition coefficient (Wildman–Crippen LogP) is 2.59. The third-order valence-corrected chi connectivity index (χ3v) is 4.69. The van der Waals surface area contributed by atoms with E-state index in [0.29, 0.717) is 30.4 Å². The van der Waals surface area contributed by atoms with Gasteiger partial charge < -0.3 is 9.30 Å². The lowest BCUT2D eigenvalue weighted by molar-refractivity contribution is 0.415. The number of rotatable bonds is 7. The molecule has 0 fully saturated rings. The zero-order chi connectivity index (χ0) is 14.5. The Labute approximate surface area is 126 Å². The molecule has 1 aromatic carbocycles. The molecule has 1 unspecified atom stereocenters. The largest absolute Gasteiger partial charge is 0.497 e. The summed E-state index contributed by atoms with van der Waals surface area (Å²) in [6, 6.07) is 5.81. The summed E-state index contributed by atoms with van der Waals surface area (Å²) in [6.07, 6.45) is 0.706. The third kappa shape index (κ3) is 3.33. The maximum absolute atomic E-state index is 11.7. The highest BCUT2D eigenvalue weighted by Gasteiger charge is 2.12. The maximum Gasteiger partial charge on any atom is 0.121 e. The van der Waals surface area contributed by atoms with E-state index in [0.717, 1.165) is 22.6 Å². The van der Waals surface area contributed by atoms with Crippen molar-refractivity contribution >= 4 is 33.4 Å². The van der Waals surface area contributed by atoms with Crippen LogP contribution in [0, 0.1) is 0 Å². The van der Waals surface area contributed by atoms with E-state index in [1.54, 1.807) is 7.11 Å². The molecule has 20 heavy (non-hydrogen) atoms. The molecule has 110 valence electrons. The number of hydrogen-bond donors (Lipinski definition) is 0. The summed E-state index contributed by atoms with van der Waals surface area (Å²) in [4.78, 5) is 4.61. The van der Waals surface area contributed by atoms with Crippen LogP contribution in [-0.4, -0.2) is 38.3 Å². The predicted molar refractivity (Wildman–Crippen MR) is 84.3 cm³/mol. The molecule has 0 aliphatic rings. The first-order valence-corrected chi connectivity index (χ1v) is 8.66. The lowest BCUT2D eigenvalue weighted by Crippen LogP contribution is -2.12. The van der Waals surface area contributed by atoms with Gasteiger partial charge in [-0.25, -0.2) is 4.98 Å². The van der Waals surface area contributed by atoms with Crippen molar-refractivity contribution in [2.24, 2.45) is 0 Å². The van der Waals surface area contributed by atoms with E-state index in [2.05, 4.69) is 9.55 Å². The molecular weight excluding hydrogens is 296 g/mol. The average Bonchev–Trinajstić information content (AvgIpc) is 2.81. The van der Waals surface area contributed by atoms with Crippen LogP contribution in [0.1, 0.15) is 12.7 Å². The number of hydrogen-bond acceptors (Lipinski definition) is 3. The van der Waals surface area contributed by atoms with Gasteiger partial charge in [0.2, 0.25) is 0 Å². The Morgan fingerprint density at radius 1 is 1.45 bits per heavy atom. The normalized spacial score (nSPS) is 12.8. The minimum atomic E-state index is -0.787. The van der Waals surface area contributed by atoms with Crippen LogP contribution < -0.4 is 4.74 Å². The average molecular weight is 315 g/mol. The van der Waals surface area contributed by atoms with Gasteiger partial charge in [-0.05, 0) is 12.1 Å². The number of fused-ring (bicyclic) bond motifs is 1. The number of ether oxygens (including phenoxy) is 1. The number of alkyl halides is 1. The fourth-order valence-electron chi connectivity index (χ4n) is 2.14. The zero-order valence-electron chi connectivity index (χ0n) is 11.8. The minimum absolute atomic E-state index is 0.525. The Morgan fingerprint density at radius 2 is 2.25 bits per heavy atom. The van der Waals surface area contributed by atoms with Crippen LogP contribution in [0.3, 0.4) is 0 Å². The second-order valence-corrected chi connectivity index (χ2v) is 6.65. The summed E-state index contributed by atoms with van der Waals surface area (Å²) in [5.41, 5.74) is 1.94. The molecule has 1 aromatic heterocycles. The smallest absolute Gasteiger partial charge is 0.121 e. The highest BCUT2D eigenvalue weighted by molar-refractivity contribution is 7.84. The zero-order valence-corrected chi connectivity index (χ0v) is 13.3. The molecule has 0 radical (unpaired) electrons. The Kier molecular flexibility index (Phi) is 5.43. The van der Waals surface area contributed by atoms with Gasteiger partial charge in [0.05, 0.1) is 18.1 Å². The number of benzene rings is 1. The van der Waals surface area contributed by atoms with Crippen molar-refractivity contribution in [2.75, 3.05) is 24.5 Å². The van der Waals surface area contributed by atoms with Gasteiger partial charge in [0.15, 0.2) is 0 Å². The van der Waals surface area contributed by atoms with Crippen LogP contribution in [0.25, 0.3) is 11.0 Å². The lowest BCUT2D eigenvalue weighted by Gasteiger charge is -2.08. The number of halogens is 1. The number of nitrogens with zero attached hydrogens (tertiary/aromatic N) is 2. The summed E-state index contributed by atoms with van der Waals surface area (Å²) in [7, 11) is 0.860. The van der Waals surface area contributed by atoms with Crippen molar-refractivity contribution in [1.82, 2.24) is 9.55 Å². The van der Waals surface area contributed by atoms with E-state index in [-0.39, 0.29) is 0 Å². The van der Waals surface area contributed by atoms with E-state index in [9.17, 15) is 4.21 Å². The molecule has 6 heteroatoms. The van der Waals surface area contributed by atoms with Crippen molar-refractivity contribution in [2.45, 2.75) is 19.9 Å². The molecule has 0 amide bonds. The molecule has 0 saturated heterocycles. The molecule has 0 aliphatic carbocycles. The molecule has 4 nitrogen and oxygen atoms in total. The highest BCUT2D eigenvalue weighted by Crippen LogP contribution is 2.22. The summed E-state index contributed by atoms with van der Waals surface area (Å²) in [5, 5.41) is 0. The molecule has 2 aromatic rings. The molecule has 2 rings (SSSR count). The van der Waals surface area contributed by atoms with Crippen LogP contribution in [0.15, 0.2) is 18.2 Å². The Hall–Kier alpha value is -1.07. The van der Waals surface area contributed by atoms with E-state index in [1.165, 1.54) is 0 Å². The quantitative estimate of drug-likeness (QED) is 0.738. The molecule has 0 bridgehead atoms. The standard InChI is InChI=1S/C14H19ClN2O2S/c1-3-20(18)9-8-17-13-10-11(19-2)4-5-12(13)16-14(17)6-7-15/h4-5,10H,3,6-9H2,1-2H3. The fourth-order valence-corrected chi connectivity index (χ4v) is 2.99. The monoisotopic (exact) mass is 314 g/mol. The first kappa shape index (κ1) is 15.3. The number of imidazole rings is 1. The van der Waals surface area contributed by atoms with Crippen molar-refractivity contribution in [3.63, 3.8) is 0 Å². The third-order valence-electron chi connectivity index (χ3n) is 3.22. The minimum Gasteiger partial charge on any atom is -0.497 e. The molecular formula is C14H19ClN2O2S. The van der Waals surface area contributed by atoms with Crippen LogP contribution in [0.2, 0.25) is 0 Å². The van der Waals surface area contributed by atoms with Gasteiger partial charge in [-0.1, -0.05) is 6.92 Å². The van der Waals surface area contributed by atoms with Crippen LogP contribution >= 0.6 is 11.6 Å². The number of methoxy groups -OCH3 is 1. The Balaban J connectivity index is 2.40. The number of aryl methyl sites for hydroxylation is 2. The van der Waals surface area contributed by atoms with Gasteiger partial charge in [-0.3, -0.25) is 4.21 Å². The van der Waals surface area contributed by atoms with E-state index in [1.807, 2.05) is 25.1 Å². The number of aromatic nitrogens is 2. The van der Waals surface area contributed by atoms with Gasteiger partial charge in [0.1, 0.15) is 11.6 Å². The van der Waals surface area contributed by atoms with Crippen molar-refractivity contribution in [3.05, 3.63) is 24.0 Å². The SMILES string of the molecule is CCS(=O)CCn1c(CCCl)nc2ccc(OC)cc21. The van der Waals surface area contributed by atoms with Gasteiger partial charge in [-0.15, -0.1) is 11.6 Å². The topological polar surface area (TPSA) is 44.1 Å². The first-order valence-electron chi connectivity index (χ1n) is 6.63. The molecule has 0 spiro atoms. The second kappa shape index (κ2) is 7.09. The van der Waals surface area contributed by atoms with Gasteiger partial charge >= 0.3 is 0 Å². The summed E-state index contributed by atoms with van der Waals surface area (Å²) >= 11 is 5.85. The van der Waals surface area contributed by atoms with Crippen LogP contribution in [0.5, 0.6) is 5.75 Å². The van der Waals surface area contributed by atoms with Gasteiger partial charge in [0, 0.05) is 47.2 Å². The van der Waals surface area contributed by atoms with E-state index in [4.69, 9.17) is 16.3 Å². The van der Waals surface area contributed by atoms with E-state index >= 15 is 0 Å².